The number of amides is 1. The van der Waals surface area contributed by atoms with Gasteiger partial charge in [-0.15, -0.1) is 0 Å². The van der Waals surface area contributed by atoms with Crippen molar-refractivity contribution in [1.29, 1.82) is 0 Å². The third kappa shape index (κ3) is 3.79. The normalized spacial score (nSPS) is 11.6. The van der Waals surface area contributed by atoms with Crippen molar-refractivity contribution in [3.8, 4) is 11.5 Å². The van der Waals surface area contributed by atoms with Crippen LogP contribution in [0.25, 0.3) is 21.0 Å². The first-order chi connectivity index (χ1) is 14.5. The molecule has 0 aliphatic rings. The second-order valence-electron chi connectivity index (χ2n) is 6.55. The predicted octanol–water partition coefficient (Wildman–Crippen LogP) is 4.03. The van der Waals surface area contributed by atoms with Crippen molar-refractivity contribution < 1.29 is 14.3 Å². The van der Waals surface area contributed by atoms with Gasteiger partial charge in [-0.2, -0.15) is 4.99 Å². The number of rotatable bonds is 3. The second kappa shape index (κ2) is 8.25. The molecule has 0 unspecified atom stereocenters. The lowest BCUT2D eigenvalue weighted by Crippen LogP contribution is -2.29. The smallest absolute Gasteiger partial charge is 0.257 e. The van der Waals surface area contributed by atoms with Crippen molar-refractivity contribution in [2.75, 3.05) is 14.2 Å². The van der Waals surface area contributed by atoms with E-state index in [2.05, 4.69) is 34.6 Å². The summed E-state index contributed by atoms with van der Waals surface area (Å²) < 4.78 is 13.5. The van der Waals surface area contributed by atoms with Gasteiger partial charge in [0.25, 0.3) is 5.91 Å². The molecular formula is C22H19N3O3S2. The summed E-state index contributed by atoms with van der Waals surface area (Å²) in [5, 5.41) is 5.09. The number of aryl methyl sites for hydroxylation is 1. The van der Waals surface area contributed by atoms with Crippen LogP contribution in [0.2, 0.25) is 0 Å². The first kappa shape index (κ1) is 20.1. The number of nitrogens with one attached hydrogen (secondary N) is 1. The standard InChI is InChI=1S/C22H19N3O3S2/c1-25-18-9-8-13-6-4-5-7-17(13)19(18)30-22(25)24-21(29)23-20(26)14-10-15(27-2)12-16(11-14)28-3/h4-12H,1-3H3,(H,23,26,29)/b24-22-. The molecule has 0 fully saturated rings. The number of carbonyl (C=O) groups excluding carboxylic acids is 1. The van der Waals surface area contributed by atoms with Crippen molar-refractivity contribution in [3.05, 3.63) is 65.0 Å². The quantitative estimate of drug-likeness (QED) is 0.492. The van der Waals surface area contributed by atoms with Crippen LogP contribution < -0.4 is 19.6 Å². The van der Waals surface area contributed by atoms with E-state index in [1.807, 2.05) is 23.7 Å². The third-order valence-electron chi connectivity index (χ3n) is 4.73. The molecule has 1 aromatic heterocycles. The predicted molar refractivity (Wildman–Crippen MR) is 123 cm³/mol. The molecule has 4 rings (SSSR count). The number of thiocarbonyl (C=S) groups is 1. The largest absolute Gasteiger partial charge is 0.497 e. The van der Waals surface area contributed by atoms with Crippen LogP contribution in [-0.4, -0.2) is 29.8 Å². The van der Waals surface area contributed by atoms with E-state index in [1.54, 1.807) is 18.2 Å². The molecule has 3 aromatic carbocycles. The number of methoxy groups -OCH3 is 2. The molecule has 1 N–H and O–H groups in total. The van der Waals surface area contributed by atoms with Gasteiger partial charge in [0.15, 0.2) is 4.80 Å². The summed E-state index contributed by atoms with van der Waals surface area (Å²) in [5.74, 6) is 0.658. The van der Waals surface area contributed by atoms with Gasteiger partial charge >= 0.3 is 0 Å². The lowest BCUT2D eigenvalue weighted by molar-refractivity contribution is 0.0976. The Morgan fingerprint density at radius 3 is 2.47 bits per heavy atom. The van der Waals surface area contributed by atoms with Crippen LogP contribution in [0.5, 0.6) is 11.5 Å². The van der Waals surface area contributed by atoms with E-state index < -0.39 is 0 Å². The number of hydrogen-bond donors (Lipinski definition) is 1. The number of benzene rings is 3. The van der Waals surface area contributed by atoms with Gasteiger partial charge in [-0.05, 0) is 35.8 Å². The Balaban J connectivity index is 1.66. The maximum Gasteiger partial charge on any atom is 0.257 e. The molecule has 0 aliphatic carbocycles. The van der Waals surface area contributed by atoms with Crippen LogP contribution in [0.4, 0.5) is 0 Å². The van der Waals surface area contributed by atoms with Crippen molar-refractivity contribution in [2.45, 2.75) is 0 Å². The molecule has 4 aromatic rings. The van der Waals surface area contributed by atoms with Gasteiger partial charge in [-0.3, -0.25) is 10.1 Å². The highest BCUT2D eigenvalue weighted by Gasteiger charge is 2.12. The highest BCUT2D eigenvalue weighted by atomic mass is 32.1. The van der Waals surface area contributed by atoms with E-state index >= 15 is 0 Å². The summed E-state index contributed by atoms with van der Waals surface area (Å²) in [6, 6.07) is 17.3. The molecule has 0 spiro atoms. The first-order valence-electron chi connectivity index (χ1n) is 9.10. The number of nitrogens with zero attached hydrogens (tertiary/aromatic N) is 2. The number of ether oxygens (including phenoxy) is 2. The SMILES string of the molecule is COc1cc(OC)cc(C(=O)NC(=S)/N=c2\sc3c4ccccc4ccc3n2C)c1. The molecule has 6 nitrogen and oxygen atoms in total. The fourth-order valence-electron chi connectivity index (χ4n) is 3.19. The second-order valence-corrected chi connectivity index (χ2v) is 7.92. The zero-order valence-corrected chi connectivity index (χ0v) is 18.3. The van der Waals surface area contributed by atoms with Crippen LogP contribution in [-0.2, 0) is 7.05 Å². The number of hydrogen-bond acceptors (Lipinski definition) is 5. The number of aromatic nitrogens is 1. The molecule has 0 atom stereocenters. The van der Waals surface area contributed by atoms with Gasteiger partial charge in [0.05, 0.1) is 24.4 Å². The maximum atomic E-state index is 12.6. The molecule has 152 valence electrons. The van der Waals surface area contributed by atoms with Gasteiger partial charge in [-0.1, -0.05) is 41.7 Å². The lowest BCUT2D eigenvalue weighted by Gasteiger charge is -2.08. The average Bonchev–Trinajstić information content (AvgIpc) is 3.08. The third-order valence-corrected chi connectivity index (χ3v) is 6.11. The topological polar surface area (TPSA) is 64.8 Å². The number of thiazole rings is 1. The zero-order valence-electron chi connectivity index (χ0n) is 16.6. The van der Waals surface area contributed by atoms with Crippen molar-refractivity contribution in [1.82, 2.24) is 9.88 Å². The van der Waals surface area contributed by atoms with E-state index in [9.17, 15) is 4.79 Å². The molecule has 0 saturated carbocycles. The summed E-state index contributed by atoms with van der Waals surface area (Å²) in [7, 11) is 4.99. The Morgan fingerprint density at radius 2 is 1.77 bits per heavy atom. The van der Waals surface area contributed by atoms with Crippen LogP contribution in [0.3, 0.4) is 0 Å². The first-order valence-corrected chi connectivity index (χ1v) is 10.3. The van der Waals surface area contributed by atoms with Gasteiger partial charge < -0.3 is 14.0 Å². The average molecular weight is 438 g/mol. The minimum Gasteiger partial charge on any atom is -0.497 e. The van der Waals surface area contributed by atoms with Crippen LogP contribution in [0.1, 0.15) is 10.4 Å². The lowest BCUT2D eigenvalue weighted by atomic mass is 10.1. The van der Waals surface area contributed by atoms with Crippen LogP contribution in [0, 0.1) is 0 Å². The Hall–Kier alpha value is -3.23. The van der Waals surface area contributed by atoms with Crippen molar-refractivity contribution in [3.63, 3.8) is 0 Å². The highest BCUT2D eigenvalue weighted by molar-refractivity contribution is 7.80. The molecular weight excluding hydrogens is 418 g/mol. The fraction of sp³-hybridized carbons (Fsp3) is 0.136. The summed E-state index contributed by atoms with van der Waals surface area (Å²) in [6.07, 6.45) is 0. The van der Waals surface area contributed by atoms with Crippen LogP contribution in [0.15, 0.2) is 59.6 Å². The molecule has 1 amide bonds. The highest BCUT2D eigenvalue weighted by Crippen LogP contribution is 2.27. The number of fused-ring (bicyclic) bond motifs is 3. The van der Waals surface area contributed by atoms with E-state index in [-0.39, 0.29) is 11.0 Å². The Morgan fingerprint density at radius 1 is 1.07 bits per heavy atom. The summed E-state index contributed by atoms with van der Waals surface area (Å²) in [4.78, 5) is 17.8. The minimum atomic E-state index is -0.379. The van der Waals surface area contributed by atoms with E-state index in [0.29, 0.717) is 21.9 Å². The molecule has 8 heteroatoms. The molecule has 0 radical (unpaired) electrons. The molecule has 0 bridgehead atoms. The number of carbonyl (C=O) groups is 1. The maximum absolute atomic E-state index is 12.6. The minimum absolute atomic E-state index is 0.0910. The van der Waals surface area contributed by atoms with Crippen molar-refractivity contribution >= 4 is 55.6 Å². The van der Waals surface area contributed by atoms with Crippen molar-refractivity contribution in [2.24, 2.45) is 12.0 Å². The monoisotopic (exact) mass is 437 g/mol. The Bertz CT molecular complexity index is 1330. The molecule has 1 heterocycles. The molecule has 0 saturated heterocycles. The van der Waals surface area contributed by atoms with E-state index in [1.165, 1.54) is 30.9 Å². The molecule has 0 aliphatic heterocycles. The van der Waals surface area contributed by atoms with Gasteiger partial charge in [-0.25, -0.2) is 0 Å². The summed E-state index contributed by atoms with van der Waals surface area (Å²) in [6.45, 7) is 0. The Labute approximate surface area is 182 Å². The molecule has 30 heavy (non-hydrogen) atoms. The Kier molecular flexibility index (Phi) is 5.52. The van der Waals surface area contributed by atoms with E-state index in [4.69, 9.17) is 21.7 Å². The fourth-order valence-corrected chi connectivity index (χ4v) is 4.58. The van der Waals surface area contributed by atoms with Gasteiger partial charge in [0, 0.05) is 24.1 Å². The van der Waals surface area contributed by atoms with Gasteiger partial charge in [0.1, 0.15) is 11.5 Å². The van der Waals surface area contributed by atoms with Gasteiger partial charge in [0.2, 0.25) is 5.11 Å². The van der Waals surface area contributed by atoms with Crippen LogP contribution >= 0.6 is 23.6 Å². The zero-order chi connectivity index (χ0) is 21.3. The van der Waals surface area contributed by atoms with E-state index in [0.717, 1.165) is 15.6 Å². The summed E-state index contributed by atoms with van der Waals surface area (Å²) in [5.41, 5.74) is 1.43. The summed E-state index contributed by atoms with van der Waals surface area (Å²) >= 11 is 6.86.